The lowest BCUT2D eigenvalue weighted by Crippen LogP contribution is -2.45. The van der Waals surface area contributed by atoms with E-state index in [0.717, 1.165) is 18.4 Å². The molecule has 2 bridgehead atoms. The zero-order chi connectivity index (χ0) is 18.9. The number of halogens is 2. The van der Waals surface area contributed by atoms with Gasteiger partial charge in [0.05, 0.1) is 0 Å². The molecule has 5 heteroatoms. The van der Waals surface area contributed by atoms with E-state index in [0.29, 0.717) is 38.8 Å². The molecule has 2 unspecified atom stereocenters. The van der Waals surface area contributed by atoms with Crippen LogP contribution in [0.15, 0.2) is 11.6 Å². The Morgan fingerprint density at radius 2 is 1.81 bits per heavy atom. The van der Waals surface area contributed by atoms with Crippen molar-refractivity contribution in [1.29, 1.82) is 0 Å². The van der Waals surface area contributed by atoms with Crippen LogP contribution >= 0.6 is 0 Å². The number of hydrogen-bond donors (Lipinski definition) is 0. The van der Waals surface area contributed by atoms with Crippen molar-refractivity contribution in [3.63, 3.8) is 0 Å². The van der Waals surface area contributed by atoms with Crippen molar-refractivity contribution in [3.8, 4) is 0 Å². The molecular formula is C21H29F2NO2. The van der Waals surface area contributed by atoms with Crippen molar-refractivity contribution >= 4 is 11.7 Å². The predicted octanol–water partition coefficient (Wildman–Crippen LogP) is 4.22. The second kappa shape index (κ2) is 5.62. The number of hydrogen-bond acceptors (Lipinski definition) is 2. The Labute approximate surface area is 154 Å². The number of allylic oxidation sites excluding steroid dienone is 1. The summed E-state index contributed by atoms with van der Waals surface area (Å²) < 4.78 is 28.3. The lowest BCUT2D eigenvalue weighted by molar-refractivity contribution is -0.147. The number of ketones is 1. The Morgan fingerprint density at radius 1 is 1.19 bits per heavy atom. The Bertz CT molecular complexity index is 667. The summed E-state index contributed by atoms with van der Waals surface area (Å²) in [6.45, 7) is 7.14. The van der Waals surface area contributed by atoms with E-state index in [1.165, 1.54) is 0 Å². The molecule has 1 amide bonds. The number of carbonyl (C=O) groups is 2. The first kappa shape index (κ1) is 18.1. The van der Waals surface area contributed by atoms with E-state index in [2.05, 4.69) is 6.08 Å². The highest BCUT2D eigenvalue weighted by Crippen LogP contribution is 2.55. The van der Waals surface area contributed by atoms with Crippen LogP contribution in [0.1, 0.15) is 59.3 Å². The Hall–Kier alpha value is -1.26. The van der Waals surface area contributed by atoms with Crippen molar-refractivity contribution in [2.24, 2.45) is 28.6 Å². The van der Waals surface area contributed by atoms with Gasteiger partial charge in [-0.15, -0.1) is 0 Å². The number of amides is 1. The zero-order valence-corrected chi connectivity index (χ0v) is 16.0. The van der Waals surface area contributed by atoms with E-state index < -0.39 is 23.2 Å². The van der Waals surface area contributed by atoms with E-state index in [4.69, 9.17) is 0 Å². The van der Waals surface area contributed by atoms with Gasteiger partial charge in [0.25, 0.3) is 5.92 Å². The molecule has 3 atom stereocenters. The van der Waals surface area contributed by atoms with Crippen LogP contribution in [0.2, 0.25) is 0 Å². The van der Waals surface area contributed by atoms with Crippen molar-refractivity contribution in [2.75, 3.05) is 13.1 Å². The van der Waals surface area contributed by atoms with Gasteiger partial charge in [0.2, 0.25) is 5.91 Å². The number of fused-ring (bicyclic) bond motifs is 2. The fourth-order valence-electron chi connectivity index (χ4n) is 6.33. The van der Waals surface area contributed by atoms with E-state index in [1.54, 1.807) is 0 Å². The molecular weight excluding hydrogens is 336 g/mol. The third kappa shape index (κ3) is 2.65. The molecule has 26 heavy (non-hydrogen) atoms. The van der Waals surface area contributed by atoms with Gasteiger partial charge in [-0.25, -0.2) is 8.78 Å². The molecule has 2 saturated carbocycles. The Morgan fingerprint density at radius 3 is 2.38 bits per heavy atom. The van der Waals surface area contributed by atoms with Gasteiger partial charge < -0.3 is 4.90 Å². The largest absolute Gasteiger partial charge is 0.342 e. The van der Waals surface area contributed by atoms with E-state index in [9.17, 15) is 18.4 Å². The SMILES string of the molecule is CC1=C[C@]2(CCN(C(=O)C3CC4CCC(C3)C4(F)F)C2)CC(C)(C)C1=O. The summed E-state index contributed by atoms with van der Waals surface area (Å²) in [6.07, 6.45) is 5.49. The van der Waals surface area contributed by atoms with Crippen molar-refractivity contribution in [1.82, 2.24) is 4.90 Å². The average Bonchev–Trinajstić information content (AvgIpc) is 2.95. The van der Waals surface area contributed by atoms with Crippen LogP contribution in [0, 0.1) is 28.6 Å². The second-order valence-electron chi connectivity index (χ2n) is 9.90. The normalized spacial score (nSPS) is 40.8. The van der Waals surface area contributed by atoms with Gasteiger partial charge in [0.15, 0.2) is 5.78 Å². The number of nitrogens with zero attached hydrogens (tertiary/aromatic N) is 1. The van der Waals surface area contributed by atoms with Crippen molar-refractivity contribution in [2.45, 2.75) is 65.2 Å². The van der Waals surface area contributed by atoms with Gasteiger partial charge in [-0.3, -0.25) is 9.59 Å². The molecule has 0 N–H and O–H groups in total. The summed E-state index contributed by atoms with van der Waals surface area (Å²) in [5.74, 6) is -3.78. The summed E-state index contributed by atoms with van der Waals surface area (Å²) in [5, 5.41) is 0. The van der Waals surface area contributed by atoms with Gasteiger partial charge in [-0.2, -0.15) is 0 Å². The molecule has 3 aliphatic carbocycles. The fourth-order valence-corrected chi connectivity index (χ4v) is 6.33. The minimum atomic E-state index is -2.57. The maximum absolute atomic E-state index is 14.2. The molecule has 1 spiro atoms. The summed E-state index contributed by atoms with van der Waals surface area (Å²) in [7, 11) is 0. The number of likely N-dealkylation sites (tertiary alicyclic amines) is 1. The van der Waals surface area contributed by atoms with E-state index in [1.807, 2.05) is 25.7 Å². The molecule has 0 aromatic rings. The number of rotatable bonds is 1. The molecule has 3 nitrogen and oxygen atoms in total. The summed E-state index contributed by atoms with van der Waals surface area (Å²) in [5.41, 5.74) is 0.268. The standard InChI is InChI=1S/C21H29F2NO2/c1-13-10-20(11-19(2,3)17(13)25)6-7-24(12-20)18(26)14-8-15-4-5-16(9-14)21(15,22)23/h10,14-16H,4-9,11-12H2,1-3H3/t14?,15?,16?,20-/m1/s1. The Kier molecular flexibility index (Phi) is 3.92. The average molecular weight is 365 g/mol. The lowest BCUT2D eigenvalue weighted by atomic mass is 9.64. The quantitative estimate of drug-likeness (QED) is 0.698. The molecule has 0 radical (unpaired) electrons. The Balaban J connectivity index is 1.48. The van der Waals surface area contributed by atoms with Crippen LogP contribution in [0.25, 0.3) is 0 Å². The van der Waals surface area contributed by atoms with Crippen molar-refractivity contribution in [3.05, 3.63) is 11.6 Å². The minimum absolute atomic E-state index is 0.0648. The number of carbonyl (C=O) groups excluding carboxylic acids is 2. The van der Waals surface area contributed by atoms with Crippen LogP contribution in [-0.2, 0) is 9.59 Å². The third-order valence-corrected chi connectivity index (χ3v) is 7.43. The maximum Gasteiger partial charge on any atom is 0.253 e. The monoisotopic (exact) mass is 365 g/mol. The fraction of sp³-hybridized carbons (Fsp3) is 0.810. The van der Waals surface area contributed by atoms with Gasteiger partial charge in [-0.1, -0.05) is 19.9 Å². The molecule has 1 heterocycles. The molecule has 144 valence electrons. The number of Topliss-reactive ketones (excluding diaryl/α,β-unsaturated/α-hetero) is 1. The molecule has 4 aliphatic rings. The molecule has 0 aromatic heterocycles. The maximum atomic E-state index is 14.2. The first-order valence-corrected chi connectivity index (χ1v) is 9.95. The van der Waals surface area contributed by atoms with Crippen LogP contribution < -0.4 is 0 Å². The van der Waals surface area contributed by atoms with E-state index in [-0.39, 0.29) is 23.0 Å². The third-order valence-electron chi connectivity index (χ3n) is 7.43. The highest BCUT2D eigenvalue weighted by atomic mass is 19.3. The molecule has 4 rings (SSSR count). The molecule has 1 saturated heterocycles. The predicted molar refractivity (Wildman–Crippen MR) is 94.7 cm³/mol. The van der Waals surface area contributed by atoms with Gasteiger partial charge in [0, 0.05) is 41.7 Å². The highest BCUT2D eigenvalue weighted by molar-refractivity contribution is 6.00. The van der Waals surface area contributed by atoms with E-state index >= 15 is 0 Å². The van der Waals surface area contributed by atoms with Gasteiger partial charge in [-0.05, 0) is 51.0 Å². The van der Waals surface area contributed by atoms with Gasteiger partial charge >= 0.3 is 0 Å². The minimum Gasteiger partial charge on any atom is -0.342 e. The van der Waals surface area contributed by atoms with Crippen molar-refractivity contribution < 1.29 is 18.4 Å². The first-order chi connectivity index (χ1) is 12.0. The number of alkyl halides is 2. The van der Waals surface area contributed by atoms with Gasteiger partial charge in [0.1, 0.15) is 0 Å². The van der Waals surface area contributed by atoms with Crippen LogP contribution in [0.4, 0.5) is 8.78 Å². The lowest BCUT2D eigenvalue weighted by Gasteiger charge is -2.40. The zero-order valence-electron chi connectivity index (χ0n) is 16.0. The molecule has 0 aromatic carbocycles. The summed E-state index contributed by atoms with van der Waals surface area (Å²) >= 11 is 0. The first-order valence-electron chi connectivity index (χ1n) is 9.95. The van der Waals surface area contributed by atoms with Crippen LogP contribution in [0.5, 0.6) is 0 Å². The summed E-state index contributed by atoms with van der Waals surface area (Å²) in [4.78, 5) is 27.3. The molecule has 1 aliphatic heterocycles. The highest BCUT2D eigenvalue weighted by Gasteiger charge is 2.58. The van der Waals surface area contributed by atoms with Crippen LogP contribution in [-0.4, -0.2) is 35.6 Å². The van der Waals surface area contributed by atoms with Crippen LogP contribution in [0.3, 0.4) is 0 Å². The topological polar surface area (TPSA) is 37.4 Å². The smallest absolute Gasteiger partial charge is 0.253 e. The summed E-state index contributed by atoms with van der Waals surface area (Å²) in [6, 6.07) is 0. The molecule has 3 fully saturated rings. The second-order valence-corrected chi connectivity index (χ2v) is 9.90.